The minimum absolute atomic E-state index is 0.298. The Morgan fingerprint density at radius 1 is 1.35 bits per heavy atom. The fourth-order valence-corrected chi connectivity index (χ4v) is 3.64. The molecule has 0 aromatic heterocycles. The van der Waals surface area contributed by atoms with Crippen LogP contribution in [0.3, 0.4) is 0 Å². The third-order valence-corrected chi connectivity index (χ3v) is 4.64. The van der Waals surface area contributed by atoms with E-state index in [1.807, 2.05) is 6.92 Å². The van der Waals surface area contributed by atoms with E-state index in [2.05, 4.69) is 5.32 Å². The highest BCUT2D eigenvalue weighted by Crippen LogP contribution is 2.46. The van der Waals surface area contributed by atoms with Crippen LogP contribution in [0.2, 0.25) is 0 Å². The molecule has 2 aliphatic rings. The number of ether oxygens (including phenoxy) is 1. The smallest absolute Gasteiger partial charge is 0.167 e. The number of nitrogens with one attached hydrogen (secondary N) is 1. The zero-order valence-corrected chi connectivity index (χ0v) is 12.0. The molecule has 1 aromatic rings. The molecule has 0 heterocycles. The van der Waals surface area contributed by atoms with Gasteiger partial charge in [0.1, 0.15) is 0 Å². The SMILES string of the molecule is CCCOc1cc(NC2CC3CCC2C3)c(N)cc1F. The first-order chi connectivity index (χ1) is 9.67. The molecule has 3 atom stereocenters. The summed E-state index contributed by atoms with van der Waals surface area (Å²) < 4.78 is 19.2. The van der Waals surface area contributed by atoms with Gasteiger partial charge in [-0.05, 0) is 37.5 Å². The number of fused-ring (bicyclic) bond motifs is 2. The summed E-state index contributed by atoms with van der Waals surface area (Å²) >= 11 is 0. The van der Waals surface area contributed by atoms with Gasteiger partial charge in [0, 0.05) is 18.2 Å². The van der Waals surface area contributed by atoms with E-state index in [0.29, 0.717) is 24.1 Å². The summed E-state index contributed by atoms with van der Waals surface area (Å²) in [6.45, 7) is 2.53. The zero-order chi connectivity index (χ0) is 14.1. The molecular formula is C16H23FN2O. The average Bonchev–Trinajstić information content (AvgIpc) is 3.03. The minimum atomic E-state index is -0.380. The van der Waals surface area contributed by atoms with E-state index in [0.717, 1.165) is 23.9 Å². The first-order valence-electron chi connectivity index (χ1n) is 7.65. The summed E-state index contributed by atoms with van der Waals surface area (Å²) in [6, 6.07) is 3.56. The lowest BCUT2D eigenvalue weighted by molar-refractivity contribution is 0.301. The molecule has 0 amide bonds. The molecule has 1 aromatic carbocycles. The van der Waals surface area contributed by atoms with Gasteiger partial charge in [0.05, 0.1) is 18.0 Å². The quantitative estimate of drug-likeness (QED) is 0.805. The molecule has 3 N–H and O–H groups in total. The highest BCUT2D eigenvalue weighted by molar-refractivity contribution is 5.69. The Morgan fingerprint density at radius 2 is 2.20 bits per heavy atom. The second-order valence-corrected chi connectivity index (χ2v) is 6.14. The van der Waals surface area contributed by atoms with E-state index in [4.69, 9.17) is 10.5 Å². The van der Waals surface area contributed by atoms with Crippen LogP contribution >= 0.6 is 0 Å². The average molecular weight is 278 g/mol. The monoisotopic (exact) mass is 278 g/mol. The summed E-state index contributed by atoms with van der Waals surface area (Å²) in [4.78, 5) is 0. The summed E-state index contributed by atoms with van der Waals surface area (Å²) in [7, 11) is 0. The Bertz CT molecular complexity index is 492. The molecule has 2 fully saturated rings. The number of hydrogen-bond donors (Lipinski definition) is 2. The van der Waals surface area contributed by atoms with Crippen molar-refractivity contribution in [2.24, 2.45) is 11.8 Å². The van der Waals surface area contributed by atoms with Crippen LogP contribution in [-0.4, -0.2) is 12.6 Å². The van der Waals surface area contributed by atoms with E-state index in [-0.39, 0.29) is 5.82 Å². The van der Waals surface area contributed by atoms with Gasteiger partial charge in [0.25, 0.3) is 0 Å². The van der Waals surface area contributed by atoms with Gasteiger partial charge in [0.2, 0.25) is 0 Å². The maximum Gasteiger partial charge on any atom is 0.167 e. The summed E-state index contributed by atoms with van der Waals surface area (Å²) in [5.74, 6) is 1.54. The number of hydrogen-bond acceptors (Lipinski definition) is 3. The standard InChI is InChI=1S/C16H23FN2O/c1-2-5-20-16-9-15(13(18)8-12(16)17)19-14-7-10-3-4-11(14)6-10/h8-11,14,19H,2-7,18H2,1H3. The lowest BCUT2D eigenvalue weighted by atomic mass is 9.95. The fourth-order valence-electron chi connectivity index (χ4n) is 3.64. The number of nitrogens with two attached hydrogens (primary N) is 1. The van der Waals surface area contributed by atoms with Crippen LogP contribution in [0.15, 0.2) is 12.1 Å². The first kappa shape index (κ1) is 13.5. The lowest BCUT2D eigenvalue weighted by Crippen LogP contribution is -2.26. The van der Waals surface area contributed by atoms with Crippen molar-refractivity contribution in [1.29, 1.82) is 0 Å². The molecule has 0 spiro atoms. The van der Waals surface area contributed by atoms with Crippen molar-refractivity contribution in [2.75, 3.05) is 17.7 Å². The van der Waals surface area contributed by atoms with Crippen LogP contribution in [0.4, 0.5) is 15.8 Å². The van der Waals surface area contributed by atoms with E-state index < -0.39 is 0 Å². The van der Waals surface area contributed by atoms with Gasteiger partial charge >= 0.3 is 0 Å². The van der Waals surface area contributed by atoms with Crippen LogP contribution in [0, 0.1) is 17.7 Å². The van der Waals surface area contributed by atoms with Crippen LogP contribution in [0.5, 0.6) is 5.75 Å². The first-order valence-corrected chi connectivity index (χ1v) is 7.65. The summed E-state index contributed by atoms with van der Waals surface area (Å²) in [5.41, 5.74) is 7.22. The Kier molecular flexibility index (Phi) is 3.72. The molecular weight excluding hydrogens is 255 g/mol. The molecule has 2 aliphatic carbocycles. The molecule has 4 heteroatoms. The molecule has 3 nitrogen and oxygen atoms in total. The third-order valence-electron chi connectivity index (χ3n) is 4.64. The molecule has 2 saturated carbocycles. The molecule has 3 unspecified atom stereocenters. The van der Waals surface area contributed by atoms with Crippen molar-refractivity contribution in [3.8, 4) is 5.75 Å². The number of rotatable bonds is 5. The minimum Gasteiger partial charge on any atom is -0.490 e. The number of nitrogen functional groups attached to an aromatic ring is 1. The van der Waals surface area contributed by atoms with E-state index in [9.17, 15) is 4.39 Å². The molecule has 0 saturated heterocycles. The van der Waals surface area contributed by atoms with Crippen molar-refractivity contribution in [2.45, 2.75) is 45.1 Å². The molecule has 0 aliphatic heterocycles. The molecule has 2 bridgehead atoms. The van der Waals surface area contributed by atoms with E-state index in [1.165, 1.54) is 31.7 Å². The van der Waals surface area contributed by atoms with E-state index in [1.54, 1.807) is 6.07 Å². The summed E-state index contributed by atoms with van der Waals surface area (Å²) in [5, 5.41) is 3.51. The lowest BCUT2D eigenvalue weighted by Gasteiger charge is -2.25. The molecule has 20 heavy (non-hydrogen) atoms. The number of anilines is 2. The Hall–Kier alpha value is -1.45. The van der Waals surface area contributed by atoms with Crippen LogP contribution < -0.4 is 15.8 Å². The van der Waals surface area contributed by atoms with Gasteiger partial charge < -0.3 is 15.8 Å². The van der Waals surface area contributed by atoms with Gasteiger partial charge in [-0.3, -0.25) is 0 Å². The maximum atomic E-state index is 13.8. The molecule has 3 rings (SSSR count). The van der Waals surface area contributed by atoms with Gasteiger partial charge in [-0.1, -0.05) is 13.3 Å². The Morgan fingerprint density at radius 3 is 2.85 bits per heavy atom. The number of benzene rings is 1. The van der Waals surface area contributed by atoms with Gasteiger partial charge in [-0.2, -0.15) is 0 Å². The van der Waals surface area contributed by atoms with Gasteiger partial charge in [-0.25, -0.2) is 4.39 Å². The van der Waals surface area contributed by atoms with Gasteiger partial charge in [0.15, 0.2) is 11.6 Å². The van der Waals surface area contributed by atoms with Crippen molar-refractivity contribution in [3.63, 3.8) is 0 Å². The second-order valence-electron chi connectivity index (χ2n) is 6.14. The second kappa shape index (κ2) is 5.51. The summed E-state index contributed by atoms with van der Waals surface area (Å²) in [6.07, 6.45) is 6.08. The van der Waals surface area contributed by atoms with Crippen molar-refractivity contribution < 1.29 is 9.13 Å². The topological polar surface area (TPSA) is 47.3 Å². The van der Waals surface area contributed by atoms with Crippen molar-refractivity contribution in [3.05, 3.63) is 17.9 Å². The van der Waals surface area contributed by atoms with Crippen LogP contribution in [0.1, 0.15) is 39.0 Å². The van der Waals surface area contributed by atoms with Crippen molar-refractivity contribution >= 4 is 11.4 Å². The van der Waals surface area contributed by atoms with Crippen LogP contribution in [0.25, 0.3) is 0 Å². The Labute approximate surface area is 119 Å². The van der Waals surface area contributed by atoms with Crippen LogP contribution in [-0.2, 0) is 0 Å². The predicted octanol–water partition coefficient (Wildman–Crippen LogP) is 3.80. The fraction of sp³-hybridized carbons (Fsp3) is 0.625. The van der Waals surface area contributed by atoms with Gasteiger partial charge in [-0.15, -0.1) is 0 Å². The van der Waals surface area contributed by atoms with Crippen molar-refractivity contribution in [1.82, 2.24) is 0 Å². The molecule has 0 radical (unpaired) electrons. The highest BCUT2D eigenvalue weighted by Gasteiger charge is 2.39. The number of halogens is 1. The maximum absolute atomic E-state index is 13.8. The zero-order valence-electron chi connectivity index (χ0n) is 12.0. The molecule has 110 valence electrons. The Balaban J connectivity index is 1.74. The predicted molar refractivity (Wildman–Crippen MR) is 79.5 cm³/mol. The largest absolute Gasteiger partial charge is 0.490 e. The third kappa shape index (κ3) is 2.56. The van der Waals surface area contributed by atoms with E-state index >= 15 is 0 Å². The normalized spacial score (nSPS) is 27.8. The highest BCUT2D eigenvalue weighted by atomic mass is 19.1.